The number of anilines is 2. The minimum atomic E-state index is 0.237. The van der Waals surface area contributed by atoms with Gasteiger partial charge in [-0.15, -0.1) is 0 Å². The Bertz CT molecular complexity index is 1450. The van der Waals surface area contributed by atoms with E-state index in [1.807, 2.05) is 24.3 Å². The maximum Gasteiger partial charge on any atom is 0.136 e. The Morgan fingerprint density at radius 1 is 0.854 bits per heavy atom. The zero-order valence-electron chi connectivity index (χ0n) is 24.7. The van der Waals surface area contributed by atoms with Crippen LogP contribution in [0.4, 0.5) is 11.6 Å². The third-order valence-corrected chi connectivity index (χ3v) is 8.26. The molecule has 0 fully saturated rings. The Balaban J connectivity index is 1.53. The Morgan fingerprint density at radius 3 is 2.59 bits per heavy atom. The van der Waals surface area contributed by atoms with Crippen molar-refractivity contribution in [1.29, 1.82) is 0 Å². The van der Waals surface area contributed by atoms with E-state index in [4.69, 9.17) is 14.7 Å². The molecule has 2 aromatic carbocycles. The number of benzene rings is 2. The fourth-order valence-corrected chi connectivity index (χ4v) is 5.74. The summed E-state index contributed by atoms with van der Waals surface area (Å²) in [5, 5.41) is 4.39. The first kappa shape index (κ1) is 29.0. The smallest absolute Gasteiger partial charge is 0.136 e. The minimum Gasteiger partial charge on any atom is -0.494 e. The van der Waals surface area contributed by atoms with Crippen LogP contribution in [0, 0.1) is 5.41 Å². The van der Waals surface area contributed by atoms with Gasteiger partial charge in [0, 0.05) is 29.6 Å². The van der Waals surface area contributed by atoms with E-state index in [0.29, 0.717) is 12.5 Å². The Kier molecular flexibility index (Phi) is 9.50. The van der Waals surface area contributed by atoms with Gasteiger partial charge in [-0.05, 0) is 78.1 Å². The Morgan fingerprint density at radius 2 is 1.71 bits per heavy atom. The van der Waals surface area contributed by atoms with Crippen LogP contribution in [0.1, 0.15) is 71.3 Å². The van der Waals surface area contributed by atoms with Gasteiger partial charge in [0.15, 0.2) is 0 Å². The Labute approximate surface area is 249 Å². The fourth-order valence-electron chi connectivity index (χ4n) is 5.12. The standard InChI is InChI=1S/C35H42N4OS/c1-25-12-6-5-9-22-36-31-17-11-18-33(37-31)41-39-32-20-19-29(34(38-32)30-16-8-7-15-28(25)30)26-13-10-14-27(24-26)40-23-21-35(2,3)4/h7-8,10-11,13-20,24-25H,5-6,9,12,21-23H2,1-4H3,(H,36,37)(H,38,39). The third kappa shape index (κ3) is 8.04. The maximum absolute atomic E-state index is 6.18. The van der Waals surface area contributed by atoms with Gasteiger partial charge in [0.2, 0.25) is 0 Å². The number of fused-ring (bicyclic) bond motifs is 6. The minimum absolute atomic E-state index is 0.237. The molecule has 4 aromatic rings. The van der Waals surface area contributed by atoms with E-state index >= 15 is 0 Å². The lowest BCUT2D eigenvalue weighted by Crippen LogP contribution is -2.11. The van der Waals surface area contributed by atoms with Crippen LogP contribution in [-0.4, -0.2) is 23.1 Å². The molecule has 0 amide bonds. The van der Waals surface area contributed by atoms with E-state index in [-0.39, 0.29) is 5.41 Å². The van der Waals surface area contributed by atoms with Crippen molar-refractivity contribution in [3.05, 3.63) is 84.4 Å². The van der Waals surface area contributed by atoms with E-state index < -0.39 is 0 Å². The molecule has 5 rings (SSSR count). The molecule has 214 valence electrons. The summed E-state index contributed by atoms with van der Waals surface area (Å²) in [5.74, 6) is 3.04. The van der Waals surface area contributed by atoms with Crippen LogP contribution in [0.25, 0.3) is 22.4 Å². The number of nitrogens with zero attached hydrogens (tertiary/aromatic N) is 2. The summed E-state index contributed by atoms with van der Waals surface area (Å²) >= 11 is 1.49. The number of nitrogens with one attached hydrogen (secondary N) is 2. The van der Waals surface area contributed by atoms with Gasteiger partial charge < -0.3 is 14.8 Å². The molecule has 1 atom stereocenters. The first-order chi connectivity index (χ1) is 19.9. The summed E-state index contributed by atoms with van der Waals surface area (Å²) in [7, 11) is 0. The molecule has 0 saturated heterocycles. The zero-order chi connectivity index (χ0) is 28.7. The predicted molar refractivity (Wildman–Crippen MR) is 174 cm³/mol. The van der Waals surface area contributed by atoms with Gasteiger partial charge >= 0.3 is 0 Å². The van der Waals surface area contributed by atoms with Crippen molar-refractivity contribution in [1.82, 2.24) is 9.97 Å². The molecule has 2 N–H and O–H groups in total. The van der Waals surface area contributed by atoms with E-state index in [9.17, 15) is 0 Å². The number of pyridine rings is 2. The largest absolute Gasteiger partial charge is 0.494 e. The van der Waals surface area contributed by atoms with E-state index in [1.165, 1.54) is 35.9 Å². The second-order valence-corrected chi connectivity index (χ2v) is 12.9. The van der Waals surface area contributed by atoms with E-state index in [2.05, 4.69) is 92.3 Å². The molecule has 0 spiro atoms. The molecule has 2 aromatic heterocycles. The number of hydrogen-bond acceptors (Lipinski definition) is 6. The highest BCUT2D eigenvalue weighted by atomic mass is 32.2. The van der Waals surface area contributed by atoms with Gasteiger partial charge in [-0.25, -0.2) is 9.97 Å². The average molecular weight is 567 g/mol. The predicted octanol–water partition coefficient (Wildman–Crippen LogP) is 9.83. The number of aromatic nitrogens is 2. The average Bonchev–Trinajstić information content (AvgIpc) is 2.97. The van der Waals surface area contributed by atoms with Crippen LogP contribution < -0.4 is 14.8 Å². The first-order valence-corrected chi connectivity index (χ1v) is 15.6. The SMILES string of the molecule is CC1CCCCCNc2cccc(n2)SNc2ccc(-c3cccc(OCCC(C)(C)C)c3)c(n2)-c2ccccc21. The molecule has 41 heavy (non-hydrogen) atoms. The number of rotatable bonds is 4. The molecular weight excluding hydrogens is 524 g/mol. The highest BCUT2D eigenvalue weighted by molar-refractivity contribution is 8.00. The molecule has 0 radical (unpaired) electrons. The van der Waals surface area contributed by atoms with Crippen molar-refractivity contribution in [2.75, 3.05) is 23.2 Å². The highest BCUT2D eigenvalue weighted by Gasteiger charge is 2.18. The van der Waals surface area contributed by atoms with Gasteiger partial charge in [-0.3, -0.25) is 0 Å². The van der Waals surface area contributed by atoms with Crippen LogP contribution in [0.15, 0.2) is 83.9 Å². The highest BCUT2D eigenvalue weighted by Crippen LogP contribution is 2.39. The molecular formula is C35H42N4OS. The zero-order valence-corrected chi connectivity index (χ0v) is 25.6. The van der Waals surface area contributed by atoms with Gasteiger partial charge in [-0.2, -0.15) is 0 Å². The molecule has 3 heterocycles. The second kappa shape index (κ2) is 13.4. The quantitative estimate of drug-likeness (QED) is 0.240. The molecule has 1 unspecified atom stereocenters. The van der Waals surface area contributed by atoms with Crippen molar-refractivity contribution < 1.29 is 4.74 Å². The topological polar surface area (TPSA) is 59.1 Å². The second-order valence-electron chi connectivity index (χ2n) is 12.1. The summed E-state index contributed by atoms with van der Waals surface area (Å²) in [4.78, 5) is 9.99. The molecule has 0 aliphatic carbocycles. The lowest BCUT2D eigenvalue weighted by molar-refractivity contribution is 0.243. The lowest BCUT2D eigenvalue weighted by atomic mass is 9.88. The van der Waals surface area contributed by atoms with Crippen molar-refractivity contribution in [3.8, 4) is 28.1 Å². The summed E-state index contributed by atoms with van der Waals surface area (Å²) < 4.78 is 9.64. The summed E-state index contributed by atoms with van der Waals surface area (Å²) in [6.07, 6.45) is 5.66. The number of ether oxygens (including phenoxy) is 1. The van der Waals surface area contributed by atoms with Crippen LogP contribution in [0.3, 0.4) is 0 Å². The van der Waals surface area contributed by atoms with Crippen LogP contribution in [0.2, 0.25) is 0 Å². The molecule has 1 aliphatic rings. The lowest BCUT2D eigenvalue weighted by Gasteiger charge is -2.20. The van der Waals surface area contributed by atoms with Crippen molar-refractivity contribution >= 4 is 23.6 Å². The van der Waals surface area contributed by atoms with Gasteiger partial charge in [0.25, 0.3) is 0 Å². The van der Waals surface area contributed by atoms with Gasteiger partial charge in [0.05, 0.1) is 12.3 Å². The molecule has 0 saturated carbocycles. The van der Waals surface area contributed by atoms with Crippen LogP contribution >= 0.6 is 11.9 Å². The first-order valence-electron chi connectivity index (χ1n) is 14.8. The summed E-state index contributed by atoms with van der Waals surface area (Å²) in [6.45, 7) is 10.7. The van der Waals surface area contributed by atoms with Crippen LogP contribution in [-0.2, 0) is 0 Å². The van der Waals surface area contributed by atoms with Crippen molar-refractivity contribution in [2.45, 2.75) is 70.7 Å². The van der Waals surface area contributed by atoms with E-state index in [1.54, 1.807) is 0 Å². The fraction of sp³-hybridized carbons (Fsp3) is 0.371. The molecule has 6 heteroatoms. The van der Waals surface area contributed by atoms with Crippen molar-refractivity contribution in [2.24, 2.45) is 5.41 Å². The monoisotopic (exact) mass is 566 g/mol. The number of hydrogen-bond donors (Lipinski definition) is 2. The van der Waals surface area contributed by atoms with E-state index in [0.717, 1.165) is 65.0 Å². The van der Waals surface area contributed by atoms with Gasteiger partial charge in [0.1, 0.15) is 22.4 Å². The molecule has 1 aliphatic heterocycles. The normalized spacial score (nSPS) is 16.0. The summed E-state index contributed by atoms with van der Waals surface area (Å²) in [6, 6.07) is 27.5. The van der Waals surface area contributed by atoms with Gasteiger partial charge in [-0.1, -0.05) is 83.0 Å². The van der Waals surface area contributed by atoms with Crippen molar-refractivity contribution in [3.63, 3.8) is 0 Å². The molecule has 5 nitrogen and oxygen atoms in total. The third-order valence-electron chi connectivity index (χ3n) is 7.51. The Hall–Kier alpha value is -3.51. The van der Waals surface area contributed by atoms with Crippen LogP contribution in [0.5, 0.6) is 5.75 Å². The maximum atomic E-state index is 6.18. The summed E-state index contributed by atoms with van der Waals surface area (Å²) in [5.41, 5.74) is 5.96. The molecule has 4 bridgehead atoms.